The molecule has 8 heteroatoms. The second kappa shape index (κ2) is 10.6. The van der Waals surface area contributed by atoms with Crippen molar-refractivity contribution in [2.45, 2.75) is 68.8 Å². The molecule has 6 rings (SSSR count). The summed E-state index contributed by atoms with van der Waals surface area (Å²) in [6.45, 7) is 0.378. The van der Waals surface area contributed by atoms with Crippen molar-refractivity contribution < 1.29 is 36.2 Å². The van der Waals surface area contributed by atoms with Gasteiger partial charge in [-0.1, -0.05) is 36.4 Å². The molecule has 0 bridgehead atoms. The maximum Gasteiger partial charge on any atom is 0.200 e. The third-order valence-electron chi connectivity index (χ3n) is 8.83. The van der Waals surface area contributed by atoms with Gasteiger partial charge in [0.1, 0.15) is 6.10 Å². The van der Waals surface area contributed by atoms with E-state index in [1.165, 1.54) is 6.07 Å². The van der Waals surface area contributed by atoms with E-state index in [2.05, 4.69) is 0 Å². The van der Waals surface area contributed by atoms with Gasteiger partial charge in [0.25, 0.3) is 0 Å². The number of halogens is 6. The number of aromatic hydroxyl groups is 1. The van der Waals surface area contributed by atoms with Crippen LogP contribution in [0.15, 0.2) is 42.5 Å². The van der Waals surface area contributed by atoms with Crippen LogP contribution < -0.4 is 0 Å². The highest BCUT2D eigenvalue weighted by Gasteiger charge is 2.32. The Morgan fingerprint density at radius 2 is 1.07 bits per heavy atom. The summed E-state index contributed by atoms with van der Waals surface area (Å²) in [5.74, 6) is -7.46. The van der Waals surface area contributed by atoms with Crippen LogP contribution in [0.3, 0.4) is 0 Å². The minimum Gasteiger partial charge on any atom is -0.505 e. The molecule has 2 unspecified atom stereocenters. The molecule has 2 fully saturated rings. The lowest BCUT2D eigenvalue weighted by molar-refractivity contribution is 0.361. The molecule has 2 aliphatic carbocycles. The van der Waals surface area contributed by atoms with Crippen molar-refractivity contribution in [1.82, 2.24) is 0 Å². The number of allylic oxidation sites excluding steroid dienone is 2. The smallest absolute Gasteiger partial charge is 0.200 e. The zero-order valence-corrected chi connectivity index (χ0v) is 21.6. The number of benzene rings is 3. The molecule has 210 valence electrons. The highest BCUT2D eigenvalue weighted by atomic mass is 19.2. The Bertz CT molecular complexity index is 1490. The molecule has 1 saturated heterocycles. The van der Waals surface area contributed by atoms with Gasteiger partial charge < -0.3 is 9.84 Å². The van der Waals surface area contributed by atoms with E-state index in [4.69, 9.17) is 4.74 Å². The van der Waals surface area contributed by atoms with E-state index in [1.807, 2.05) is 0 Å². The van der Waals surface area contributed by atoms with Gasteiger partial charge in [0.2, 0.25) is 5.82 Å². The zero-order chi connectivity index (χ0) is 28.1. The van der Waals surface area contributed by atoms with Crippen LogP contribution in [0.2, 0.25) is 0 Å². The summed E-state index contributed by atoms with van der Waals surface area (Å²) in [4.78, 5) is 0. The Morgan fingerprint density at radius 3 is 1.62 bits per heavy atom. The lowest BCUT2D eigenvalue weighted by Crippen LogP contribution is -2.16. The Labute approximate surface area is 228 Å². The minimum atomic E-state index is -1.27. The second-order valence-corrected chi connectivity index (χ2v) is 11.1. The van der Waals surface area contributed by atoms with Crippen molar-refractivity contribution >= 4 is 5.57 Å². The number of ether oxygens (including phenoxy) is 1. The third-order valence-corrected chi connectivity index (χ3v) is 8.83. The maximum absolute atomic E-state index is 15.3. The highest BCUT2D eigenvalue weighted by molar-refractivity contribution is 5.67. The van der Waals surface area contributed by atoms with Crippen LogP contribution >= 0.6 is 0 Å². The van der Waals surface area contributed by atoms with Crippen LogP contribution in [-0.4, -0.2) is 11.7 Å². The first-order valence-corrected chi connectivity index (χ1v) is 13.7. The van der Waals surface area contributed by atoms with Gasteiger partial charge in [-0.25, -0.2) is 22.0 Å². The maximum atomic E-state index is 15.3. The van der Waals surface area contributed by atoms with Crippen molar-refractivity contribution in [3.8, 4) is 5.75 Å². The van der Waals surface area contributed by atoms with E-state index in [1.54, 1.807) is 30.3 Å². The molecule has 2 nitrogen and oxygen atoms in total. The van der Waals surface area contributed by atoms with Crippen molar-refractivity contribution in [3.63, 3.8) is 0 Å². The highest BCUT2D eigenvalue weighted by Crippen LogP contribution is 2.45. The van der Waals surface area contributed by atoms with E-state index in [0.717, 1.165) is 6.07 Å². The van der Waals surface area contributed by atoms with Crippen LogP contribution in [0.1, 0.15) is 96.6 Å². The van der Waals surface area contributed by atoms with Gasteiger partial charge in [0.15, 0.2) is 34.8 Å². The molecule has 1 aliphatic heterocycles. The number of epoxide rings is 1. The van der Waals surface area contributed by atoms with Crippen molar-refractivity contribution in [1.29, 1.82) is 0 Å². The van der Waals surface area contributed by atoms with Gasteiger partial charge in [0, 0.05) is 11.1 Å². The van der Waals surface area contributed by atoms with Gasteiger partial charge in [-0.3, -0.25) is 0 Å². The standard InChI is InChI=1S/C32H28F6O2/c33-27-20(16-1-3-18(4-2-16)22-11-12-24(26-15-40-26)31(37)29(22)35)9-10-21(28(27)34)17-5-7-19(8-6-17)23-13-14-25(39)32(38)30(23)36/h3,9-14,16-17,19,26,39H,1-2,4-8,15H2. The predicted molar refractivity (Wildman–Crippen MR) is 138 cm³/mol. The van der Waals surface area contributed by atoms with Gasteiger partial charge in [-0.05, 0) is 91.0 Å². The molecule has 0 amide bonds. The fourth-order valence-corrected chi connectivity index (χ4v) is 6.44. The van der Waals surface area contributed by atoms with Crippen LogP contribution in [0.4, 0.5) is 26.3 Å². The Balaban J connectivity index is 1.14. The molecule has 3 aromatic carbocycles. The van der Waals surface area contributed by atoms with Gasteiger partial charge in [-0.2, -0.15) is 4.39 Å². The molecule has 0 spiro atoms. The molecule has 3 aliphatic rings. The Morgan fingerprint density at radius 1 is 0.575 bits per heavy atom. The summed E-state index contributed by atoms with van der Waals surface area (Å²) in [7, 11) is 0. The summed E-state index contributed by atoms with van der Waals surface area (Å²) in [6.07, 6.45) is 4.58. The monoisotopic (exact) mass is 558 g/mol. The number of hydrogen-bond donors (Lipinski definition) is 1. The van der Waals surface area contributed by atoms with E-state index >= 15 is 8.78 Å². The molecule has 0 aromatic heterocycles. The number of hydrogen-bond acceptors (Lipinski definition) is 2. The van der Waals surface area contributed by atoms with Crippen molar-refractivity contribution in [2.24, 2.45) is 0 Å². The van der Waals surface area contributed by atoms with Gasteiger partial charge >= 0.3 is 0 Å². The first-order chi connectivity index (χ1) is 19.2. The molecule has 0 radical (unpaired) electrons. The van der Waals surface area contributed by atoms with Gasteiger partial charge in [-0.15, -0.1) is 0 Å². The van der Waals surface area contributed by atoms with Crippen molar-refractivity contribution in [2.75, 3.05) is 6.61 Å². The first kappa shape index (κ1) is 26.9. The minimum absolute atomic E-state index is 0.188. The van der Waals surface area contributed by atoms with Crippen LogP contribution in [0.25, 0.3) is 5.57 Å². The lowest BCUT2D eigenvalue weighted by Gasteiger charge is -2.30. The molecule has 3 aromatic rings. The average Bonchev–Trinajstić information content (AvgIpc) is 3.81. The normalized spacial score (nSPS) is 24.6. The van der Waals surface area contributed by atoms with E-state index in [-0.39, 0.29) is 45.6 Å². The third kappa shape index (κ3) is 4.80. The predicted octanol–water partition coefficient (Wildman–Crippen LogP) is 9.09. The summed E-state index contributed by atoms with van der Waals surface area (Å²) in [5.41, 5.74) is 1.78. The number of phenolic OH excluding ortho intramolecular Hbond substituents is 1. The average molecular weight is 559 g/mol. The Hall–Kier alpha value is -3.26. The molecule has 2 atom stereocenters. The molecule has 1 heterocycles. The molecule has 40 heavy (non-hydrogen) atoms. The quantitative estimate of drug-likeness (QED) is 0.250. The zero-order valence-electron chi connectivity index (χ0n) is 21.6. The fraction of sp³-hybridized carbons (Fsp3) is 0.375. The summed E-state index contributed by atoms with van der Waals surface area (Å²) < 4.78 is 93.0. The topological polar surface area (TPSA) is 32.8 Å². The van der Waals surface area contributed by atoms with Gasteiger partial charge in [0.05, 0.1) is 6.61 Å². The molecular formula is C32H28F6O2. The molecule has 1 N–H and O–H groups in total. The summed E-state index contributed by atoms with van der Waals surface area (Å²) in [6, 6.07) is 8.83. The van der Waals surface area contributed by atoms with Crippen molar-refractivity contribution in [3.05, 3.63) is 105 Å². The SMILES string of the molecule is Oc1ccc(C2CCC(c3ccc(C4CC=C(c5ccc(C6CO6)c(F)c5F)CC4)c(F)c3F)CC2)c(F)c1F. The summed E-state index contributed by atoms with van der Waals surface area (Å²) in [5, 5.41) is 9.37. The largest absolute Gasteiger partial charge is 0.505 e. The first-order valence-electron chi connectivity index (χ1n) is 13.7. The Kier molecular flexibility index (Phi) is 7.15. The van der Waals surface area contributed by atoms with E-state index < -0.39 is 46.8 Å². The molecule has 1 saturated carbocycles. The van der Waals surface area contributed by atoms with Crippen LogP contribution in [0, 0.1) is 34.9 Å². The lowest BCUT2D eigenvalue weighted by atomic mass is 9.75. The number of rotatable bonds is 5. The number of phenols is 1. The van der Waals surface area contributed by atoms with Crippen LogP contribution in [0.5, 0.6) is 5.75 Å². The summed E-state index contributed by atoms with van der Waals surface area (Å²) >= 11 is 0. The molecular weight excluding hydrogens is 530 g/mol. The fourth-order valence-electron chi connectivity index (χ4n) is 6.44. The second-order valence-electron chi connectivity index (χ2n) is 11.1. The van der Waals surface area contributed by atoms with E-state index in [0.29, 0.717) is 57.1 Å². The van der Waals surface area contributed by atoms with Crippen LogP contribution in [-0.2, 0) is 4.74 Å². The van der Waals surface area contributed by atoms with E-state index in [9.17, 15) is 22.7 Å².